The first-order chi connectivity index (χ1) is 16.1. The average molecular weight is 450 g/mol. The molecule has 2 heterocycles. The van der Waals surface area contributed by atoms with Crippen molar-refractivity contribution >= 4 is 12.0 Å². The van der Waals surface area contributed by atoms with Crippen LogP contribution in [0.25, 0.3) is 6.08 Å². The van der Waals surface area contributed by atoms with E-state index in [1.165, 1.54) is 6.08 Å². The summed E-state index contributed by atoms with van der Waals surface area (Å²) in [4.78, 5) is 14.3. The molecule has 9 heteroatoms. The monoisotopic (exact) mass is 450 g/mol. The van der Waals surface area contributed by atoms with Gasteiger partial charge >= 0.3 is 0 Å². The number of para-hydroxylation sites is 1. The fourth-order valence-electron chi connectivity index (χ4n) is 3.51. The number of nitrogens with zero attached hydrogens (tertiary/aromatic N) is 4. The van der Waals surface area contributed by atoms with E-state index in [0.29, 0.717) is 36.9 Å². The van der Waals surface area contributed by atoms with E-state index in [1.807, 2.05) is 36.5 Å². The van der Waals surface area contributed by atoms with Crippen LogP contribution in [0.15, 0.2) is 54.7 Å². The van der Waals surface area contributed by atoms with Gasteiger partial charge in [-0.2, -0.15) is 0 Å². The summed E-state index contributed by atoms with van der Waals surface area (Å²) < 4.78 is 23.5. The van der Waals surface area contributed by atoms with Crippen molar-refractivity contribution in [3.8, 4) is 23.0 Å². The van der Waals surface area contributed by atoms with Gasteiger partial charge in [0.1, 0.15) is 18.1 Å². The van der Waals surface area contributed by atoms with Crippen molar-refractivity contribution in [2.75, 3.05) is 34.4 Å². The topological polar surface area (TPSA) is 87.9 Å². The number of hydrogen-bond acceptors (Lipinski definition) is 7. The van der Waals surface area contributed by atoms with E-state index in [4.69, 9.17) is 18.9 Å². The van der Waals surface area contributed by atoms with E-state index < -0.39 is 0 Å². The molecule has 1 aromatic heterocycles. The lowest BCUT2D eigenvalue weighted by Crippen LogP contribution is -2.50. The number of methoxy groups -OCH3 is 3. The highest BCUT2D eigenvalue weighted by Gasteiger charge is 2.31. The quantitative estimate of drug-likeness (QED) is 0.463. The Kier molecular flexibility index (Phi) is 6.77. The van der Waals surface area contributed by atoms with Crippen molar-refractivity contribution in [1.29, 1.82) is 0 Å². The van der Waals surface area contributed by atoms with Gasteiger partial charge in [-0.05, 0) is 35.9 Å². The standard InChI is InChI=1S/C24H26N4O5/c1-30-21-11-17(12-22(31-2)24(21)32-3)9-10-23(29)27-14-19(15-27)28-13-18(25-26-28)16-33-20-7-5-4-6-8-20/h4-13,19H,14-16H2,1-3H3/b10-9+. The summed E-state index contributed by atoms with van der Waals surface area (Å²) in [6, 6.07) is 13.2. The third-order valence-corrected chi connectivity index (χ3v) is 5.34. The molecule has 0 spiro atoms. The molecular formula is C24H26N4O5. The summed E-state index contributed by atoms with van der Waals surface area (Å²) >= 11 is 0. The van der Waals surface area contributed by atoms with Crippen LogP contribution in [-0.2, 0) is 11.4 Å². The summed E-state index contributed by atoms with van der Waals surface area (Å²) in [5.41, 5.74) is 1.51. The summed E-state index contributed by atoms with van der Waals surface area (Å²) in [6.07, 6.45) is 5.13. The molecule has 0 atom stereocenters. The number of aromatic nitrogens is 3. The minimum atomic E-state index is -0.0762. The maximum Gasteiger partial charge on any atom is 0.246 e. The van der Waals surface area contributed by atoms with E-state index in [9.17, 15) is 4.79 Å². The van der Waals surface area contributed by atoms with Gasteiger partial charge in [0.2, 0.25) is 11.7 Å². The van der Waals surface area contributed by atoms with Crippen LogP contribution in [0.4, 0.5) is 0 Å². The molecule has 1 fully saturated rings. The second-order valence-electron chi connectivity index (χ2n) is 7.48. The van der Waals surface area contributed by atoms with Crippen LogP contribution < -0.4 is 18.9 Å². The number of hydrogen-bond donors (Lipinski definition) is 0. The van der Waals surface area contributed by atoms with Gasteiger partial charge in [-0.25, -0.2) is 4.68 Å². The number of amides is 1. The van der Waals surface area contributed by atoms with Gasteiger partial charge in [0.15, 0.2) is 11.5 Å². The first kappa shape index (κ1) is 22.2. The largest absolute Gasteiger partial charge is 0.493 e. The highest BCUT2D eigenvalue weighted by molar-refractivity contribution is 5.92. The Bertz CT molecular complexity index is 1100. The molecule has 9 nitrogen and oxygen atoms in total. The van der Waals surface area contributed by atoms with Gasteiger partial charge in [-0.15, -0.1) is 5.10 Å². The molecule has 1 aliphatic heterocycles. The van der Waals surface area contributed by atoms with Gasteiger partial charge < -0.3 is 23.8 Å². The van der Waals surface area contributed by atoms with Gasteiger partial charge in [0, 0.05) is 19.2 Å². The van der Waals surface area contributed by atoms with Gasteiger partial charge in [-0.1, -0.05) is 23.4 Å². The van der Waals surface area contributed by atoms with E-state index in [-0.39, 0.29) is 11.9 Å². The van der Waals surface area contributed by atoms with Crippen LogP contribution >= 0.6 is 0 Å². The highest BCUT2D eigenvalue weighted by Crippen LogP contribution is 2.38. The molecule has 33 heavy (non-hydrogen) atoms. The predicted molar refractivity (Wildman–Crippen MR) is 122 cm³/mol. The maximum atomic E-state index is 12.6. The Morgan fingerprint density at radius 3 is 2.39 bits per heavy atom. The Hall–Kier alpha value is -4.01. The summed E-state index contributed by atoms with van der Waals surface area (Å²) in [5.74, 6) is 2.28. The maximum absolute atomic E-state index is 12.6. The van der Waals surface area contributed by atoms with E-state index in [2.05, 4.69) is 10.3 Å². The number of carbonyl (C=O) groups excluding carboxylic acids is 1. The van der Waals surface area contributed by atoms with Gasteiger partial charge in [0.05, 0.1) is 33.6 Å². The molecule has 172 valence electrons. The third-order valence-electron chi connectivity index (χ3n) is 5.34. The molecule has 4 rings (SSSR count). The fourth-order valence-corrected chi connectivity index (χ4v) is 3.51. The lowest BCUT2D eigenvalue weighted by Gasteiger charge is -2.38. The molecule has 1 aliphatic rings. The van der Waals surface area contributed by atoms with Crippen LogP contribution in [0.1, 0.15) is 17.3 Å². The van der Waals surface area contributed by atoms with Crippen LogP contribution in [-0.4, -0.2) is 60.2 Å². The molecule has 1 amide bonds. The van der Waals surface area contributed by atoms with Gasteiger partial charge in [-0.3, -0.25) is 4.79 Å². The molecule has 0 bridgehead atoms. The number of ether oxygens (including phenoxy) is 4. The predicted octanol–water partition coefficient (Wildman–Crippen LogP) is 2.98. The molecule has 3 aromatic rings. The molecule has 0 aliphatic carbocycles. The first-order valence-electron chi connectivity index (χ1n) is 10.5. The van der Waals surface area contributed by atoms with Crippen molar-refractivity contribution in [2.24, 2.45) is 0 Å². The Balaban J connectivity index is 1.31. The van der Waals surface area contributed by atoms with Crippen molar-refractivity contribution in [3.63, 3.8) is 0 Å². The molecule has 0 unspecified atom stereocenters. The highest BCUT2D eigenvalue weighted by atomic mass is 16.5. The number of rotatable bonds is 9. The third kappa shape index (κ3) is 5.08. The Morgan fingerprint density at radius 1 is 1.06 bits per heavy atom. The Labute approximate surface area is 192 Å². The molecule has 0 radical (unpaired) electrons. The van der Waals surface area contributed by atoms with E-state index >= 15 is 0 Å². The zero-order chi connectivity index (χ0) is 23.2. The van der Waals surface area contributed by atoms with Gasteiger partial charge in [0.25, 0.3) is 0 Å². The summed E-state index contributed by atoms with van der Waals surface area (Å²) in [5, 5.41) is 8.35. The second-order valence-corrected chi connectivity index (χ2v) is 7.48. The SMILES string of the molecule is COc1cc(/C=C/C(=O)N2CC(n3cc(COc4ccccc4)nn3)C2)cc(OC)c1OC. The summed E-state index contributed by atoms with van der Waals surface area (Å²) in [7, 11) is 4.66. The molecule has 2 aromatic carbocycles. The molecular weight excluding hydrogens is 424 g/mol. The number of benzene rings is 2. The van der Waals surface area contributed by atoms with Crippen molar-refractivity contribution in [3.05, 3.63) is 66.0 Å². The van der Waals surface area contributed by atoms with Crippen LogP contribution in [0.2, 0.25) is 0 Å². The van der Waals surface area contributed by atoms with Crippen LogP contribution in [0.3, 0.4) is 0 Å². The number of carbonyl (C=O) groups is 1. The van der Waals surface area contributed by atoms with E-state index in [1.54, 1.807) is 49.1 Å². The van der Waals surface area contributed by atoms with Crippen LogP contribution in [0, 0.1) is 0 Å². The van der Waals surface area contributed by atoms with Crippen molar-refractivity contribution in [2.45, 2.75) is 12.6 Å². The fraction of sp³-hybridized carbons (Fsp3) is 0.292. The Morgan fingerprint density at radius 2 is 1.76 bits per heavy atom. The van der Waals surface area contributed by atoms with Crippen LogP contribution in [0.5, 0.6) is 23.0 Å². The molecule has 1 saturated heterocycles. The minimum absolute atomic E-state index is 0.0762. The average Bonchev–Trinajstić information content (AvgIpc) is 3.28. The minimum Gasteiger partial charge on any atom is -0.493 e. The summed E-state index contributed by atoms with van der Waals surface area (Å²) in [6.45, 7) is 1.48. The first-order valence-corrected chi connectivity index (χ1v) is 10.5. The van der Waals surface area contributed by atoms with Crippen molar-refractivity contribution < 1.29 is 23.7 Å². The van der Waals surface area contributed by atoms with Crippen molar-refractivity contribution in [1.82, 2.24) is 19.9 Å². The lowest BCUT2D eigenvalue weighted by atomic mass is 10.1. The smallest absolute Gasteiger partial charge is 0.246 e. The lowest BCUT2D eigenvalue weighted by molar-refractivity contribution is -0.131. The molecule has 0 saturated carbocycles. The normalized spacial score (nSPS) is 13.6. The van der Waals surface area contributed by atoms with E-state index in [0.717, 1.165) is 17.0 Å². The second kappa shape index (κ2) is 10.1. The molecule has 0 N–H and O–H groups in total. The zero-order valence-electron chi connectivity index (χ0n) is 18.8. The number of likely N-dealkylation sites (tertiary alicyclic amines) is 1. The zero-order valence-corrected chi connectivity index (χ0v) is 18.8.